The minimum atomic E-state index is -3.34. The molecule has 0 aromatic heterocycles. The molecule has 0 bridgehead atoms. The van der Waals surface area contributed by atoms with E-state index in [1.165, 1.54) is 21.7 Å². The molecule has 0 unspecified atom stereocenters. The Kier molecular flexibility index (Phi) is 3.25. The Morgan fingerprint density at radius 3 is 2.57 bits per heavy atom. The second kappa shape index (κ2) is 4.07. The van der Waals surface area contributed by atoms with Crippen molar-refractivity contribution in [3.05, 3.63) is 12.2 Å². The van der Waals surface area contributed by atoms with Gasteiger partial charge >= 0.3 is 5.97 Å². The van der Waals surface area contributed by atoms with Crippen LogP contribution in [0.4, 0.5) is 0 Å². The van der Waals surface area contributed by atoms with E-state index < -0.39 is 16.2 Å². The molecule has 0 aromatic carbocycles. The summed E-state index contributed by atoms with van der Waals surface area (Å²) in [6, 6.07) is 0. The first-order valence-electron chi connectivity index (χ1n) is 4.05. The fourth-order valence-corrected chi connectivity index (χ4v) is 2.43. The fraction of sp³-hybridized carbons (Fsp3) is 0.571. The summed E-state index contributed by atoms with van der Waals surface area (Å²) in [5.41, 5.74) is 0. The van der Waals surface area contributed by atoms with E-state index in [1.807, 2.05) is 0 Å². The van der Waals surface area contributed by atoms with Crippen LogP contribution in [0.5, 0.6) is 0 Å². The Morgan fingerprint density at radius 2 is 2.14 bits per heavy atom. The van der Waals surface area contributed by atoms with Crippen molar-refractivity contribution in [1.29, 1.82) is 0 Å². The third kappa shape index (κ3) is 2.31. The van der Waals surface area contributed by atoms with Gasteiger partial charge in [0.1, 0.15) is 0 Å². The van der Waals surface area contributed by atoms with Gasteiger partial charge in [0.05, 0.1) is 0 Å². The van der Waals surface area contributed by atoms with Gasteiger partial charge in [-0.1, -0.05) is 6.08 Å². The average molecular weight is 220 g/mol. The van der Waals surface area contributed by atoms with E-state index >= 15 is 0 Å². The Balaban J connectivity index is 2.60. The summed E-state index contributed by atoms with van der Waals surface area (Å²) >= 11 is 0. The lowest BCUT2D eigenvalue weighted by atomic mass is 10.5. The molecule has 0 atom stereocenters. The second-order valence-electron chi connectivity index (χ2n) is 2.93. The number of carboxylic acids is 1. The molecule has 0 aliphatic carbocycles. The highest BCUT2D eigenvalue weighted by Gasteiger charge is 2.32. The van der Waals surface area contributed by atoms with Crippen molar-refractivity contribution in [2.24, 2.45) is 0 Å². The number of hydrogen-bond acceptors (Lipinski definition) is 3. The predicted octanol–water partition coefficient (Wildman–Crippen LogP) is -0.881. The van der Waals surface area contributed by atoms with Crippen molar-refractivity contribution >= 4 is 16.2 Å². The molecule has 0 saturated carbocycles. The van der Waals surface area contributed by atoms with Crippen LogP contribution in [0.25, 0.3) is 0 Å². The van der Waals surface area contributed by atoms with Crippen LogP contribution in [-0.2, 0) is 15.0 Å². The lowest BCUT2D eigenvalue weighted by Gasteiger charge is -2.12. The van der Waals surface area contributed by atoms with Crippen molar-refractivity contribution in [2.45, 2.75) is 0 Å². The van der Waals surface area contributed by atoms with Gasteiger partial charge in [0.2, 0.25) is 0 Å². The highest BCUT2D eigenvalue weighted by molar-refractivity contribution is 7.87. The number of likely N-dealkylation sites (N-methyl/N-ethyl adjacent to an activating group) is 1. The summed E-state index contributed by atoms with van der Waals surface area (Å²) in [5.74, 6) is -1.07. The molecule has 1 rings (SSSR count). The first kappa shape index (κ1) is 11.2. The van der Waals surface area contributed by atoms with Crippen LogP contribution in [0, 0.1) is 0 Å². The summed E-state index contributed by atoms with van der Waals surface area (Å²) in [6.45, 7) is 0.963. The molecule has 80 valence electrons. The van der Waals surface area contributed by atoms with E-state index in [0.29, 0.717) is 13.1 Å². The van der Waals surface area contributed by atoms with Gasteiger partial charge < -0.3 is 5.11 Å². The standard InChI is InChI=1S/C7H12N2O4S/c1-8-5-6-9(14(8,12)13)4-2-3-7(10)11/h2-3H,4-6H2,1H3,(H,10,11)/b3-2+. The normalized spacial score (nSPS) is 23.2. The maximum atomic E-state index is 11.4. The van der Waals surface area contributed by atoms with E-state index in [9.17, 15) is 13.2 Å². The van der Waals surface area contributed by atoms with Crippen LogP contribution in [0.2, 0.25) is 0 Å². The predicted molar refractivity (Wildman–Crippen MR) is 49.9 cm³/mol. The zero-order chi connectivity index (χ0) is 10.8. The largest absolute Gasteiger partial charge is 0.478 e. The van der Waals surface area contributed by atoms with E-state index in [1.54, 1.807) is 0 Å². The summed E-state index contributed by atoms with van der Waals surface area (Å²) in [5, 5.41) is 8.30. The smallest absolute Gasteiger partial charge is 0.328 e. The van der Waals surface area contributed by atoms with Gasteiger partial charge in [-0.15, -0.1) is 0 Å². The number of rotatable bonds is 3. The van der Waals surface area contributed by atoms with Gasteiger partial charge in [-0.2, -0.15) is 17.0 Å². The molecular formula is C7H12N2O4S. The van der Waals surface area contributed by atoms with E-state index in [4.69, 9.17) is 5.11 Å². The molecule has 0 radical (unpaired) electrons. The fourth-order valence-electron chi connectivity index (χ4n) is 1.14. The molecule has 1 aliphatic heterocycles. The van der Waals surface area contributed by atoms with Crippen molar-refractivity contribution in [2.75, 3.05) is 26.7 Å². The Morgan fingerprint density at radius 1 is 1.50 bits per heavy atom. The van der Waals surface area contributed by atoms with Crippen LogP contribution in [0.1, 0.15) is 0 Å². The van der Waals surface area contributed by atoms with E-state index in [0.717, 1.165) is 6.08 Å². The summed E-state index contributed by atoms with van der Waals surface area (Å²) < 4.78 is 25.3. The number of aliphatic carboxylic acids is 1. The van der Waals surface area contributed by atoms with Gasteiger partial charge in [-0.25, -0.2) is 4.79 Å². The monoisotopic (exact) mass is 220 g/mol. The third-order valence-corrected chi connectivity index (χ3v) is 3.91. The topological polar surface area (TPSA) is 77.9 Å². The number of carbonyl (C=O) groups is 1. The minimum Gasteiger partial charge on any atom is -0.478 e. The summed E-state index contributed by atoms with van der Waals surface area (Å²) in [7, 11) is -1.84. The lowest BCUT2D eigenvalue weighted by molar-refractivity contribution is -0.131. The molecule has 1 fully saturated rings. The molecule has 7 heteroatoms. The molecular weight excluding hydrogens is 208 g/mol. The van der Waals surface area contributed by atoms with Crippen LogP contribution in [-0.4, -0.2) is 54.8 Å². The van der Waals surface area contributed by atoms with Gasteiger partial charge in [0.15, 0.2) is 0 Å². The van der Waals surface area contributed by atoms with Crippen molar-refractivity contribution in [3.8, 4) is 0 Å². The SMILES string of the molecule is CN1CCN(C/C=C/C(=O)O)S1(=O)=O. The zero-order valence-electron chi connectivity index (χ0n) is 7.75. The molecule has 0 spiro atoms. The molecule has 14 heavy (non-hydrogen) atoms. The Bertz CT molecular complexity index is 349. The van der Waals surface area contributed by atoms with Gasteiger partial charge in [-0.05, 0) is 0 Å². The third-order valence-electron chi connectivity index (χ3n) is 1.95. The van der Waals surface area contributed by atoms with Gasteiger partial charge in [0.25, 0.3) is 10.2 Å². The van der Waals surface area contributed by atoms with Crippen LogP contribution >= 0.6 is 0 Å². The molecule has 0 amide bonds. The maximum Gasteiger partial charge on any atom is 0.328 e. The number of nitrogens with zero attached hydrogens (tertiary/aromatic N) is 2. The van der Waals surface area contributed by atoms with Crippen molar-refractivity contribution in [3.63, 3.8) is 0 Å². The average Bonchev–Trinajstić information content (AvgIpc) is 2.30. The van der Waals surface area contributed by atoms with Crippen molar-refractivity contribution in [1.82, 2.24) is 8.61 Å². The summed E-state index contributed by atoms with van der Waals surface area (Å²) in [6.07, 6.45) is 2.26. The van der Waals surface area contributed by atoms with E-state index in [-0.39, 0.29) is 6.54 Å². The number of hydrogen-bond donors (Lipinski definition) is 1. The first-order valence-corrected chi connectivity index (χ1v) is 5.45. The molecule has 1 saturated heterocycles. The second-order valence-corrected chi connectivity index (χ2v) is 4.96. The van der Waals surface area contributed by atoms with Gasteiger partial charge in [0, 0.05) is 32.8 Å². The minimum absolute atomic E-state index is 0.110. The quantitative estimate of drug-likeness (QED) is 0.626. The zero-order valence-corrected chi connectivity index (χ0v) is 8.57. The first-order chi connectivity index (χ1) is 6.44. The highest BCUT2D eigenvalue weighted by Crippen LogP contribution is 2.12. The highest BCUT2D eigenvalue weighted by atomic mass is 32.2. The van der Waals surface area contributed by atoms with Gasteiger partial charge in [-0.3, -0.25) is 0 Å². The molecule has 1 aliphatic rings. The van der Waals surface area contributed by atoms with Crippen LogP contribution in [0.3, 0.4) is 0 Å². The molecule has 1 heterocycles. The maximum absolute atomic E-state index is 11.4. The van der Waals surface area contributed by atoms with Crippen LogP contribution in [0.15, 0.2) is 12.2 Å². The molecule has 6 nitrogen and oxygen atoms in total. The Hall–Kier alpha value is -0.920. The lowest BCUT2D eigenvalue weighted by Crippen LogP contribution is -2.30. The van der Waals surface area contributed by atoms with Crippen LogP contribution < -0.4 is 0 Å². The number of carboxylic acid groups (broad SMARTS) is 1. The van der Waals surface area contributed by atoms with E-state index in [2.05, 4.69) is 0 Å². The van der Waals surface area contributed by atoms with Crippen molar-refractivity contribution < 1.29 is 18.3 Å². The molecule has 1 N–H and O–H groups in total. The summed E-state index contributed by atoms with van der Waals surface area (Å²) in [4.78, 5) is 10.1. The Labute approximate surface area is 82.6 Å². The molecule has 0 aromatic rings.